The zero-order valence-electron chi connectivity index (χ0n) is 15.3. The van der Waals surface area contributed by atoms with Crippen LogP contribution in [-0.4, -0.2) is 24.1 Å². The smallest absolute Gasteiger partial charge is 0.332 e. The number of carbonyl (C=O) groups excluding carboxylic acids is 1. The first kappa shape index (κ1) is 18.9. The zero-order valence-corrected chi connectivity index (χ0v) is 15.3. The van der Waals surface area contributed by atoms with Crippen LogP contribution in [0.25, 0.3) is 5.57 Å². The van der Waals surface area contributed by atoms with Crippen LogP contribution in [0.3, 0.4) is 0 Å². The Kier molecular flexibility index (Phi) is 5.44. The van der Waals surface area contributed by atoms with E-state index in [1.54, 1.807) is 7.11 Å². The van der Waals surface area contributed by atoms with Crippen molar-refractivity contribution in [2.75, 3.05) is 7.11 Å². The van der Waals surface area contributed by atoms with Crippen LogP contribution in [0.4, 0.5) is 4.39 Å². The molecule has 0 heterocycles. The number of hydrogen-bond acceptors (Lipinski definition) is 3. The first-order valence-electron chi connectivity index (χ1n) is 8.92. The van der Waals surface area contributed by atoms with Gasteiger partial charge in [-0.2, -0.15) is 0 Å². The number of carboxylic acids is 1. The van der Waals surface area contributed by atoms with E-state index in [2.05, 4.69) is 5.32 Å². The Labute approximate surface area is 157 Å². The third-order valence-corrected chi connectivity index (χ3v) is 5.03. The van der Waals surface area contributed by atoms with Gasteiger partial charge < -0.3 is 15.2 Å². The number of aliphatic carboxylic acids is 1. The number of allylic oxidation sites excluding steroid dienone is 4. The summed E-state index contributed by atoms with van der Waals surface area (Å²) in [5, 5.41) is 11.8. The van der Waals surface area contributed by atoms with Gasteiger partial charge in [0, 0.05) is 11.1 Å². The summed E-state index contributed by atoms with van der Waals surface area (Å²) in [7, 11) is 1.58. The average Bonchev–Trinajstić information content (AvgIpc) is 3.14. The first-order chi connectivity index (χ1) is 12.9. The van der Waals surface area contributed by atoms with Crippen molar-refractivity contribution in [2.24, 2.45) is 5.92 Å². The molecule has 5 nitrogen and oxygen atoms in total. The number of carbonyl (C=O) groups is 2. The summed E-state index contributed by atoms with van der Waals surface area (Å²) < 4.78 is 19.9. The van der Waals surface area contributed by atoms with E-state index in [0.29, 0.717) is 31.4 Å². The van der Waals surface area contributed by atoms with Crippen molar-refractivity contribution in [1.82, 2.24) is 5.32 Å². The summed E-state index contributed by atoms with van der Waals surface area (Å²) >= 11 is 0. The Balaban J connectivity index is 1.85. The Hall–Kier alpha value is -2.89. The molecule has 2 aliphatic rings. The van der Waals surface area contributed by atoms with Crippen LogP contribution in [0.2, 0.25) is 0 Å². The van der Waals surface area contributed by atoms with Gasteiger partial charge in [0.05, 0.1) is 12.8 Å². The summed E-state index contributed by atoms with van der Waals surface area (Å²) in [6.45, 7) is 1.96. The van der Waals surface area contributed by atoms with Crippen LogP contribution >= 0.6 is 0 Å². The van der Waals surface area contributed by atoms with E-state index in [0.717, 1.165) is 11.1 Å². The number of nitrogens with one attached hydrogen (secondary N) is 1. The summed E-state index contributed by atoms with van der Waals surface area (Å²) in [6.07, 6.45) is 3.16. The van der Waals surface area contributed by atoms with E-state index < -0.39 is 17.7 Å². The third-order valence-electron chi connectivity index (χ3n) is 5.03. The third kappa shape index (κ3) is 3.94. The van der Waals surface area contributed by atoms with E-state index in [1.807, 2.05) is 31.2 Å². The lowest BCUT2D eigenvalue weighted by atomic mass is 9.86. The minimum Gasteiger partial charge on any atom is -0.497 e. The van der Waals surface area contributed by atoms with Gasteiger partial charge in [-0.15, -0.1) is 0 Å². The van der Waals surface area contributed by atoms with Gasteiger partial charge in [0.15, 0.2) is 0 Å². The van der Waals surface area contributed by atoms with Gasteiger partial charge in [0.2, 0.25) is 0 Å². The Morgan fingerprint density at radius 1 is 1.26 bits per heavy atom. The van der Waals surface area contributed by atoms with Crippen molar-refractivity contribution in [3.63, 3.8) is 0 Å². The molecule has 3 rings (SSSR count). The topological polar surface area (TPSA) is 75.6 Å². The predicted octanol–water partition coefficient (Wildman–Crippen LogP) is 3.98. The van der Waals surface area contributed by atoms with Crippen molar-refractivity contribution in [2.45, 2.75) is 32.6 Å². The summed E-state index contributed by atoms with van der Waals surface area (Å²) in [4.78, 5) is 23.7. The summed E-state index contributed by atoms with van der Waals surface area (Å²) in [5.74, 6) is -1.42. The van der Waals surface area contributed by atoms with Crippen LogP contribution in [0.15, 0.2) is 53.0 Å². The highest BCUT2D eigenvalue weighted by atomic mass is 19.1. The highest BCUT2D eigenvalue weighted by Crippen LogP contribution is 2.36. The fourth-order valence-corrected chi connectivity index (χ4v) is 3.60. The van der Waals surface area contributed by atoms with Crippen LogP contribution in [0, 0.1) is 5.92 Å². The molecule has 2 N–H and O–H groups in total. The molecule has 1 atom stereocenters. The van der Waals surface area contributed by atoms with Gasteiger partial charge in [-0.25, -0.2) is 9.18 Å². The van der Waals surface area contributed by atoms with Crippen molar-refractivity contribution in [3.8, 4) is 5.75 Å². The predicted molar refractivity (Wildman–Crippen MR) is 99.5 cm³/mol. The second-order valence-corrected chi connectivity index (χ2v) is 6.83. The van der Waals surface area contributed by atoms with Crippen LogP contribution in [0.5, 0.6) is 5.75 Å². The monoisotopic (exact) mass is 371 g/mol. The largest absolute Gasteiger partial charge is 0.497 e. The second-order valence-electron chi connectivity index (χ2n) is 6.83. The molecule has 1 aromatic rings. The molecule has 2 aliphatic carbocycles. The molecule has 1 unspecified atom stereocenters. The molecule has 0 aliphatic heterocycles. The van der Waals surface area contributed by atoms with E-state index in [4.69, 9.17) is 4.74 Å². The normalized spacial score (nSPS) is 19.8. The fourth-order valence-electron chi connectivity index (χ4n) is 3.60. The van der Waals surface area contributed by atoms with Gasteiger partial charge >= 0.3 is 5.97 Å². The molecule has 1 amide bonds. The second kappa shape index (κ2) is 7.78. The molecule has 0 fully saturated rings. The number of carboxylic acid groups (broad SMARTS) is 1. The molecule has 0 aromatic heterocycles. The number of amides is 1. The van der Waals surface area contributed by atoms with Gasteiger partial charge in [-0.1, -0.05) is 19.1 Å². The van der Waals surface area contributed by atoms with Crippen molar-refractivity contribution in [1.29, 1.82) is 0 Å². The van der Waals surface area contributed by atoms with Crippen LogP contribution < -0.4 is 10.1 Å². The van der Waals surface area contributed by atoms with Gasteiger partial charge in [0.1, 0.15) is 11.6 Å². The lowest BCUT2D eigenvalue weighted by Gasteiger charge is -2.24. The number of halogens is 1. The van der Waals surface area contributed by atoms with Crippen molar-refractivity contribution >= 4 is 17.4 Å². The number of ether oxygens (including phenoxy) is 1. The fraction of sp³-hybridized carbons (Fsp3) is 0.333. The van der Waals surface area contributed by atoms with Crippen molar-refractivity contribution < 1.29 is 23.8 Å². The molecule has 142 valence electrons. The number of rotatable bonds is 5. The maximum absolute atomic E-state index is 14.7. The maximum atomic E-state index is 14.7. The Morgan fingerprint density at radius 3 is 2.70 bits per heavy atom. The first-order valence-corrected chi connectivity index (χ1v) is 8.92. The Morgan fingerprint density at radius 2 is 2.00 bits per heavy atom. The highest BCUT2D eigenvalue weighted by molar-refractivity contribution is 6.03. The molecule has 27 heavy (non-hydrogen) atoms. The molecule has 0 spiro atoms. The minimum absolute atomic E-state index is 0.0107. The molecule has 0 saturated heterocycles. The molecular formula is C21H22FNO4. The summed E-state index contributed by atoms with van der Waals surface area (Å²) in [5.41, 5.74) is 2.27. The SMILES string of the molecule is COc1cccc(C2=CC(F)=C(NC(=O)C3=C(C(=O)O)CCC3)CC2C)c1. The standard InChI is InChI=1S/C21H22FNO4/c1-12-9-19(23-20(24)15-7-4-8-16(15)21(25)26)18(22)11-17(12)13-5-3-6-14(10-13)27-2/h3,5-6,10-12H,4,7-9H2,1-2H3,(H,23,24)(H,25,26). The number of benzene rings is 1. The molecule has 0 saturated carbocycles. The van der Waals surface area contributed by atoms with Crippen molar-refractivity contribution in [3.05, 3.63) is 58.6 Å². The average molecular weight is 371 g/mol. The van der Waals surface area contributed by atoms with E-state index >= 15 is 0 Å². The van der Waals surface area contributed by atoms with E-state index in [1.165, 1.54) is 6.08 Å². The van der Waals surface area contributed by atoms with Gasteiger partial charge in [0.25, 0.3) is 5.91 Å². The maximum Gasteiger partial charge on any atom is 0.332 e. The Bertz CT molecular complexity index is 882. The highest BCUT2D eigenvalue weighted by Gasteiger charge is 2.28. The zero-order chi connectivity index (χ0) is 19.6. The van der Waals surface area contributed by atoms with Gasteiger partial charge in [-0.05, 0) is 60.9 Å². The number of methoxy groups -OCH3 is 1. The molecular weight excluding hydrogens is 349 g/mol. The summed E-state index contributed by atoms with van der Waals surface area (Å²) in [6, 6.07) is 7.41. The number of hydrogen-bond donors (Lipinski definition) is 2. The minimum atomic E-state index is -1.08. The van der Waals surface area contributed by atoms with E-state index in [9.17, 15) is 19.1 Å². The lowest BCUT2D eigenvalue weighted by Crippen LogP contribution is -2.28. The van der Waals surface area contributed by atoms with Crippen LogP contribution in [-0.2, 0) is 9.59 Å². The van der Waals surface area contributed by atoms with Crippen LogP contribution in [0.1, 0.15) is 38.2 Å². The molecule has 6 heteroatoms. The van der Waals surface area contributed by atoms with Gasteiger partial charge in [-0.3, -0.25) is 4.79 Å². The van der Waals surface area contributed by atoms with E-state index in [-0.39, 0.29) is 22.8 Å². The lowest BCUT2D eigenvalue weighted by molar-refractivity contribution is -0.133. The quantitative estimate of drug-likeness (QED) is 0.821. The molecule has 1 aromatic carbocycles. The molecule has 0 bridgehead atoms. The molecule has 0 radical (unpaired) electrons.